The van der Waals surface area contributed by atoms with Gasteiger partial charge in [0.25, 0.3) is 5.91 Å². The predicted molar refractivity (Wildman–Crippen MR) is 125 cm³/mol. The number of nitrogens with one attached hydrogen (secondary N) is 1. The van der Waals surface area contributed by atoms with E-state index in [2.05, 4.69) is 11.4 Å². The van der Waals surface area contributed by atoms with Crippen molar-refractivity contribution in [3.05, 3.63) is 64.2 Å². The Hall–Kier alpha value is -2.82. The summed E-state index contributed by atoms with van der Waals surface area (Å²) in [6.45, 7) is 14.0. The van der Waals surface area contributed by atoms with E-state index in [1.165, 1.54) is 0 Å². The van der Waals surface area contributed by atoms with Crippen LogP contribution in [-0.2, 0) is 16.1 Å². The quantitative estimate of drug-likeness (QED) is 0.638. The number of nitrogens with zero attached hydrogens (tertiary/aromatic N) is 1. The van der Waals surface area contributed by atoms with Gasteiger partial charge in [0.2, 0.25) is 5.91 Å². The molecule has 0 radical (unpaired) electrons. The van der Waals surface area contributed by atoms with E-state index >= 15 is 0 Å². The molecule has 5 heteroatoms. The Kier molecular flexibility index (Phi) is 8.66. The fourth-order valence-electron chi connectivity index (χ4n) is 3.39. The molecule has 2 aromatic rings. The first kappa shape index (κ1) is 24.4. The molecule has 2 aromatic carbocycles. The molecule has 0 aliphatic heterocycles. The van der Waals surface area contributed by atoms with E-state index in [-0.39, 0.29) is 24.5 Å². The van der Waals surface area contributed by atoms with Crippen LogP contribution in [0.25, 0.3) is 0 Å². The van der Waals surface area contributed by atoms with Crippen molar-refractivity contribution < 1.29 is 14.3 Å². The van der Waals surface area contributed by atoms with Crippen LogP contribution in [0.4, 0.5) is 0 Å². The summed E-state index contributed by atoms with van der Waals surface area (Å²) in [7, 11) is 0. The molecule has 0 saturated carbocycles. The van der Waals surface area contributed by atoms with Crippen LogP contribution < -0.4 is 10.1 Å². The van der Waals surface area contributed by atoms with Gasteiger partial charge < -0.3 is 15.0 Å². The number of amides is 2. The molecule has 1 N–H and O–H groups in total. The lowest BCUT2D eigenvalue weighted by atomic mass is 10.1. The summed E-state index contributed by atoms with van der Waals surface area (Å²) in [6.07, 6.45) is 0.833. The van der Waals surface area contributed by atoms with E-state index in [1.807, 2.05) is 71.9 Å². The number of hydrogen-bond acceptors (Lipinski definition) is 3. The predicted octanol–water partition coefficient (Wildman–Crippen LogP) is 4.63. The van der Waals surface area contributed by atoms with Crippen LogP contribution in [0.15, 0.2) is 36.4 Å². The van der Waals surface area contributed by atoms with Gasteiger partial charge in [-0.3, -0.25) is 9.59 Å². The zero-order valence-corrected chi connectivity index (χ0v) is 19.9. The molecule has 0 heterocycles. The monoisotopic (exact) mass is 424 g/mol. The molecule has 2 amide bonds. The average molecular weight is 425 g/mol. The molecular formula is C26H36N2O3. The summed E-state index contributed by atoms with van der Waals surface area (Å²) in [4.78, 5) is 27.6. The molecule has 2 atom stereocenters. The van der Waals surface area contributed by atoms with E-state index in [1.54, 1.807) is 11.8 Å². The molecule has 0 aliphatic carbocycles. The number of carbonyl (C=O) groups excluding carboxylic acids is 2. The summed E-state index contributed by atoms with van der Waals surface area (Å²) in [6, 6.07) is 11.4. The number of carbonyl (C=O) groups is 2. The smallest absolute Gasteiger partial charge is 0.261 e. The Balaban J connectivity index is 2.23. The van der Waals surface area contributed by atoms with Crippen molar-refractivity contribution >= 4 is 11.8 Å². The topological polar surface area (TPSA) is 58.6 Å². The van der Waals surface area contributed by atoms with Crippen LogP contribution in [-0.4, -0.2) is 35.4 Å². The van der Waals surface area contributed by atoms with Crippen molar-refractivity contribution in [2.45, 2.75) is 73.5 Å². The molecule has 0 fully saturated rings. The number of benzene rings is 2. The van der Waals surface area contributed by atoms with Crippen molar-refractivity contribution in [1.82, 2.24) is 10.2 Å². The lowest BCUT2D eigenvalue weighted by Gasteiger charge is -2.30. The summed E-state index contributed by atoms with van der Waals surface area (Å²) < 4.78 is 5.92. The van der Waals surface area contributed by atoms with Crippen molar-refractivity contribution in [3.8, 4) is 5.75 Å². The van der Waals surface area contributed by atoms with Gasteiger partial charge in [-0.2, -0.15) is 0 Å². The third kappa shape index (κ3) is 6.58. The molecule has 0 aromatic heterocycles. The maximum atomic E-state index is 13.2. The van der Waals surface area contributed by atoms with E-state index < -0.39 is 6.04 Å². The summed E-state index contributed by atoms with van der Waals surface area (Å²) in [5.41, 5.74) is 5.33. The fraction of sp³-hybridized carbons (Fsp3) is 0.462. The number of ether oxygens (including phenoxy) is 1. The minimum Gasteiger partial charge on any atom is -0.483 e. The van der Waals surface area contributed by atoms with Gasteiger partial charge in [-0.05, 0) is 81.8 Å². The fourth-order valence-corrected chi connectivity index (χ4v) is 3.39. The van der Waals surface area contributed by atoms with E-state index in [9.17, 15) is 9.59 Å². The average Bonchev–Trinajstić information content (AvgIpc) is 2.73. The second kappa shape index (κ2) is 11.0. The van der Waals surface area contributed by atoms with Gasteiger partial charge in [0, 0.05) is 12.6 Å². The SMILES string of the molecule is CC[C@@H](C)NC(=O)[C@H](C)N(Cc1ccccc1C)C(=O)COc1cc(C)cc(C)c1C. The second-order valence-corrected chi connectivity index (χ2v) is 8.44. The van der Waals surface area contributed by atoms with Gasteiger partial charge >= 0.3 is 0 Å². The van der Waals surface area contributed by atoms with Gasteiger partial charge in [0.15, 0.2) is 6.61 Å². The standard InChI is InChI=1S/C26H36N2O3/c1-8-20(5)27-26(30)22(7)28(15-23-12-10-9-11-18(23)3)25(29)16-31-24-14-17(2)13-19(4)21(24)6/h9-14,20,22H,8,15-16H2,1-7H3,(H,27,30)/t20-,22+/m1/s1. The third-order valence-electron chi connectivity index (χ3n) is 5.89. The van der Waals surface area contributed by atoms with Crippen molar-refractivity contribution in [2.24, 2.45) is 0 Å². The van der Waals surface area contributed by atoms with Crippen LogP contribution in [0.2, 0.25) is 0 Å². The first-order chi connectivity index (χ1) is 14.6. The van der Waals surface area contributed by atoms with Crippen molar-refractivity contribution in [1.29, 1.82) is 0 Å². The minimum atomic E-state index is -0.606. The highest BCUT2D eigenvalue weighted by Gasteiger charge is 2.27. The highest BCUT2D eigenvalue weighted by molar-refractivity contribution is 5.88. The minimum absolute atomic E-state index is 0.0551. The highest BCUT2D eigenvalue weighted by Crippen LogP contribution is 2.23. The van der Waals surface area contributed by atoms with Crippen molar-refractivity contribution in [3.63, 3.8) is 0 Å². The van der Waals surface area contributed by atoms with Crippen LogP contribution in [0.1, 0.15) is 55.0 Å². The molecule has 0 unspecified atom stereocenters. The summed E-state index contributed by atoms with van der Waals surface area (Å²) in [5.74, 6) is 0.339. The lowest BCUT2D eigenvalue weighted by molar-refractivity contribution is -0.142. The number of aryl methyl sites for hydroxylation is 3. The van der Waals surface area contributed by atoms with Gasteiger partial charge in [0.1, 0.15) is 11.8 Å². The first-order valence-corrected chi connectivity index (χ1v) is 11.0. The largest absolute Gasteiger partial charge is 0.483 e. The zero-order valence-electron chi connectivity index (χ0n) is 19.9. The Morgan fingerprint density at radius 3 is 2.35 bits per heavy atom. The highest BCUT2D eigenvalue weighted by atomic mass is 16.5. The molecule has 0 aliphatic rings. The van der Waals surface area contributed by atoms with Gasteiger partial charge in [0.05, 0.1) is 0 Å². The zero-order chi connectivity index (χ0) is 23.1. The Morgan fingerprint density at radius 1 is 1.03 bits per heavy atom. The Morgan fingerprint density at radius 2 is 1.71 bits per heavy atom. The molecule has 0 saturated heterocycles. The van der Waals surface area contributed by atoms with Crippen molar-refractivity contribution in [2.75, 3.05) is 6.61 Å². The molecule has 31 heavy (non-hydrogen) atoms. The number of hydrogen-bond donors (Lipinski definition) is 1. The van der Waals surface area contributed by atoms with Crippen LogP contribution >= 0.6 is 0 Å². The molecule has 0 spiro atoms. The molecule has 2 rings (SSSR count). The van der Waals surface area contributed by atoms with Gasteiger partial charge in [-0.1, -0.05) is 37.3 Å². The van der Waals surface area contributed by atoms with E-state index in [4.69, 9.17) is 4.74 Å². The van der Waals surface area contributed by atoms with Crippen LogP contribution in [0, 0.1) is 27.7 Å². The van der Waals surface area contributed by atoms with Crippen LogP contribution in [0.3, 0.4) is 0 Å². The Bertz CT molecular complexity index is 923. The normalized spacial score (nSPS) is 12.7. The van der Waals surface area contributed by atoms with E-state index in [0.717, 1.165) is 34.2 Å². The molecule has 168 valence electrons. The maximum absolute atomic E-state index is 13.2. The second-order valence-electron chi connectivity index (χ2n) is 8.44. The first-order valence-electron chi connectivity index (χ1n) is 11.0. The van der Waals surface area contributed by atoms with Gasteiger partial charge in [-0.25, -0.2) is 0 Å². The molecular weight excluding hydrogens is 388 g/mol. The molecule has 0 bridgehead atoms. The maximum Gasteiger partial charge on any atom is 0.261 e. The molecule has 5 nitrogen and oxygen atoms in total. The number of rotatable bonds is 9. The lowest BCUT2D eigenvalue weighted by Crippen LogP contribution is -2.50. The van der Waals surface area contributed by atoms with Gasteiger partial charge in [-0.15, -0.1) is 0 Å². The van der Waals surface area contributed by atoms with Crippen LogP contribution in [0.5, 0.6) is 5.75 Å². The third-order valence-corrected chi connectivity index (χ3v) is 5.89. The summed E-state index contributed by atoms with van der Waals surface area (Å²) >= 11 is 0. The summed E-state index contributed by atoms with van der Waals surface area (Å²) in [5, 5.41) is 2.99. The Labute approximate surface area is 186 Å². The van der Waals surface area contributed by atoms with E-state index in [0.29, 0.717) is 12.3 Å².